The second kappa shape index (κ2) is 7.75. The van der Waals surface area contributed by atoms with E-state index in [1.165, 1.54) is 12.1 Å². The third-order valence-electron chi connectivity index (χ3n) is 3.28. The van der Waals surface area contributed by atoms with Crippen molar-refractivity contribution in [1.82, 2.24) is 5.32 Å². The number of aliphatic hydroxyl groups excluding tert-OH is 1. The van der Waals surface area contributed by atoms with E-state index in [4.69, 9.17) is 4.74 Å². The fraction of sp³-hybridized carbons (Fsp3) is 0.647. The van der Waals surface area contributed by atoms with Gasteiger partial charge < -0.3 is 15.2 Å². The highest BCUT2D eigenvalue weighted by Crippen LogP contribution is 2.27. The Morgan fingerprint density at radius 1 is 1.26 bits per heavy atom. The molecule has 1 aromatic carbocycles. The Balaban J connectivity index is 2.49. The predicted octanol–water partition coefficient (Wildman–Crippen LogP) is 3.14. The van der Waals surface area contributed by atoms with Crippen LogP contribution >= 0.6 is 0 Å². The monoisotopic (exact) mass is 324 g/mol. The molecule has 0 saturated carbocycles. The molecule has 1 rings (SSSR count). The smallest absolute Gasteiger partial charge is 0.310 e. The van der Waals surface area contributed by atoms with Gasteiger partial charge in [-0.15, -0.1) is 0 Å². The molecule has 0 aliphatic carbocycles. The average Bonchev–Trinajstić information content (AvgIpc) is 2.40. The lowest BCUT2D eigenvalue weighted by Crippen LogP contribution is -2.46. The van der Waals surface area contributed by atoms with E-state index in [0.29, 0.717) is 6.54 Å². The summed E-state index contributed by atoms with van der Waals surface area (Å²) in [6.45, 7) is 11.1. The van der Waals surface area contributed by atoms with Crippen LogP contribution in [0.25, 0.3) is 0 Å². The van der Waals surface area contributed by atoms with Crippen molar-refractivity contribution in [2.24, 2.45) is 5.41 Å². The highest BCUT2D eigenvalue weighted by Gasteiger charge is 2.25. The summed E-state index contributed by atoms with van der Waals surface area (Å²) in [5.74, 6) is 0.172. The van der Waals surface area contributed by atoms with E-state index in [1.807, 2.05) is 0 Å². The Kier molecular flexibility index (Phi) is 6.53. The van der Waals surface area contributed by atoms with Gasteiger partial charge in [0.25, 0.3) is 0 Å². The lowest BCUT2D eigenvalue weighted by Gasteiger charge is -2.34. The van der Waals surface area contributed by atoms with Gasteiger partial charge in [-0.05, 0) is 31.7 Å². The van der Waals surface area contributed by atoms with Crippen LogP contribution in [0, 0.1) is 15.5 Å². The Labute approximate surface area is 138 Å². The normalized spacial score (nSPS) is 13.7. The number of nitrogens with one attached hydrogen (secondary N) is 1. The summed E-state index contributed by atoms with van der Waals surface area (Å²) in [5.41, 5.74) is -0.0265. The fourth-order valence-corrected chi connectivity index (χ4v) is 2.76. The number of benzene rings is 1. The van der Waals surface area contributed by atoms with Crippen molar-refractivity contribution in [2.75, 3.05) is 13.2 Å². The zero-order valence-corrected chi connectivity index (χ0v) is 14.6. The second-order valence-corrected chi connectivity index (χ2v) is 7.69. The first-order valence-electron chi connectivity index (χ1n) is 7.79. The van der Waals surface area contributed by atoms with E-state index >= 15 is 0 Å². The lowest BCUT2D eigenvalue weighted by molar-refractivity contribution is -0.385. The molecule has 0 radical (unpaired) electrons. The number of para-hydroxylation sites is 2. The molecule has 2 N–H and O–H groups in total. The van der Waals surface area contributed by atoms with Gasteiger partial charge in [0.2, 0.25) is 0 Å². The first-order chi connectivity index (χ1) is 10.5. The first kappa shape index (κ1) is 19.4. The van der Waals surface area contributed by atoms with Crippen LogP contribution in [0.3, 0.4) is 0 Å². The molecule has 0 aliphatic rings. The number of rotatable bonds is 8. The Hall–Kier alpha value is -1.66. The molecular weight excluding hydrogens is 296 g/mol. The molecule has 0 fully saturated rings. The minimum absolute atomic E-state index is 0.00342. The maximum absolute atomic E-state index is 10.9. The molecule has 1 aromatic rings. The van der Waals surface area contributed by atoms with Gasteiger partial charge in [0, 0.05) is 18.2 Å². The molecule has 0 spiro atoms. The van der Waals surface area contributed by atoms with E-state index in [2.05, 4.69) is 39.9 Å². The molecule has 23 heavy (non-hydrogen) atoms. The van der Waals surface area contributed by atoms with Crippen LogP contribution in [0.15, 0.2) is 24.3 Å². The van der Waals surface area contributed by atoms with Crippen molar-refractivity contribution in [1.29, 1.82) is 0 Å². The van der Waals surface area contributed by atoms with E-state index in [0.717, 1.165) is 6.42 Å². The van der Waals surface area contributed by atoms with Crippen LogP contribution < -0.4 is 10.1 Å². The molecule has 6 nitrogen and oxygen atoms in total. The predicted molar refractivity (Wildman–Crippen MR) is 90.8 cm³/mol. The summed E-state index contributed by atoms with van der Waals surface area (Å²) in [5, 5.41) is 24.3. The Morgan fingerprint density at radius 2 is 1.87 bits per heavy atom. The fourth-order valence-electron chi connectivity index (χ4n) is 2.76. The van der Waals surface area contributed by atoms with E-state index in [9.17, 15) is 15.2 Å². The molecule has 0 aromatic heterocycles. The maximum Gasteiger partial charge on any atom is 0.310 e. The molecule has 1 atom stereocenters. The largest absolute Gasteiger partial charge is 0.484 e. The second-order valence-electron chi connectivity index (χ2n) is 7.69. The topological polar surface area (TPSA) is 84.6 Å². The van der Waals surface area contributed by atoms with Gasteiger partial charge in [0.15, 0.2) is 5.75 Å². The number of ether oxygens (including phenoxy) is 1. The van der Waals surface area contributed by atoms with Gasteiger partial charge in [0.1, 0.15) is 12.7 Å². The highest BCUT2D eigenvalue weighted by atomic mass is 16.6. The average molecular weight is 324 g/mol. The van der Waals surface area contributed by atoms with Crippen LogP contribution in [-0.2, 0) is 0 Å². The Morgan fingerprint density at radius 3 is 2.43 bits per heavy atom. The Bertz CT molecular complexity index is 524. The molecule has 6 heteroatoms. The number of hydrogen-bond donors (Lipinski definition) is 2. The SMILES string of the molecule is CC(C)(C)CC(C)(C)NC[C@H](O)COc1ccccc1[N+](=O)[O-]. The van der Waals surface area contributed by atoms with Gasteiger partial charge in [-0.25, -0.2) is 0 Å². The summed E-state index contributed by atoms with van der Waals surface area (Å²) in [6, 6.07) is 6.16. The van der Waals surface area contributed by atoms with Crippen molar-refractivity contribution >= 4 is 5.69 Å². The minimum atomic E-state index is -0.742. The summed E-state index contributed by atoms with van der Waals surface area (Å²) in [4.78, 5) is 10.4. The van der Waals surface area contributed by atoms with Crippen LogP contribution in [0.2, 0.25) is 0 Å². The first-order valence-corrected chi connectivity index (χ1v) is 7.79. The van der Waals surface area contributed by atoms with Gasteiger partial charge in [-0.2, -0.15) is 0 Å². The van der Waals surface area contributed by atoms with Gasteiger partial charge in [0.05, 0.1) is 4.92 Å². The number of aliphatic hydroxyl groups is 1. The number of hydrogen-bond acceptors (Lipinski definition) is 5. The molecule has 0 amide bonds. The summed E-state index contributed by atoms with van der Waals surface area (Å²) < 4.78 is 5.39. The molecule has 0 unspecified atom stereocenters. The van der Waals surface area contributed by atoms with Gasteiger partial charge in [-0.3, -0.25) is 10.1 Å². The van der Waals surface area contributed by atoms with E-state index < -0.39 is 11.0 Å². The van der Waals surface area contributed by atoms with Crippen LogP contribution in [0.4, 0.5) is 5.69 Å². The van der Waals surface area contributed by atoms with Crippen molar-refractivity contribution in [3.63, 3.8) is 0 Å². The molecule has 130 valence electrons. The summed E-state index contributed by atoms with van der Waals surface area (Å²) >= 11 is 0. The lowest BCUT2D eigenvalue weighted by atomic mass is 9.82. The van der Waals surface area contributed by atoms with Crippen molar-refractivity contribution in [3.05, 3.63) is 34.4 Å². The molecule has 0 saturated heterocycles. The van der Waals surface area contributed by atoms with Crippen molar-refractivity contribution in [2.45, 2.75) is 52.7 Å². The number of β-amino-alcohol motifs (C(OH)–C–C–N with tert-alkyl or cyclic N) is 1. The summed E-state index contributed by atoms with van der Waals surface area (Å²) in [6.07, 6.45) is 0.214. The van der Waals surface area contributed by atoms with Crippen LogP contribution in [-0.4, -0.2) is 34.8 Å². The minimum Gasteiger partial charge on any atom is -0.484 e. The zero-order valence-electron chi connectivity index (χ0n) is 14.6. The van der Waals surface area contributed by atoms with Gasteiger partial charge in [-0.1, -0.05) is 32.9 Å². The molecule has 0 bridgehead atoms. The molecular formula is C17H28N2O4. The van der Waals surface area contributed by atoms with Crippen LogP contribution in [0.5, 0.6) is 5.75 Å². The van der Waals surface area contributed by atoms with Gasteiger partial charge >= 0.3 is 5.69 Å². The zero-order chi connectivity index (χ0) is 17.7. The molecule has 0 heterocycles. The standard InChI is InChI=1S/C17H28N2O4/c1-16(2,3)12-17(4,5)18-10-13(20)11-23-15-9-7-6-8-14(15)19(21)22/h6-9,13,18,20H,10-12H2,1-5H3/t13-/m0/s1. The van der Waals surface area contributed by atoms with E-state index in [-0.39, 0.29) is 29.0 Å². The maximum atomic E-state index is 10.9. The van der Waals surface area contributed by atoms with Crippen molar-refractivity contribution < 1.29 is 14.8 Å². The molecule has 0 aliphatic heterocycles. The third kappa shape index (κ3) is 7.43. The van der Waals surface area contributed by atoms with Crippen molar-refractivity contribution in [3.8, 4) is 5.75 Å². The summed E-state index contributed by atoms with van der Waals surface area (Å²) in [7, 11) is 0. The van der Waals surface area contributed by atoms with Crippen LogP contribution in [0.1, 0.15) is 41.0 Å². The highest BCUT2D eigenvalue weighted by molar-refractivity contribution is 5.45. The van der Waals surface area contributed by atoms with E-state index in [1.54, 1.807) is 12.1 Å². The third-order valence-corrected chi connectivity index (χ3v) is 3.28. The number of nitro groups is 1. The number of nitrogens with zero attached hydrogens (tertiary/aromatic N) is 1. The number of nitro benzene ring substituents is 1. The quantitative estimate of drug-likeness (QED) is 0.567.